The van der Waals surface area contributed by atoms with Crippen LogP contribution in [0.3, 0.4) is 0 Å². The monoisotopic (exact) mass is 207 g/mol. The molecule has 0 amide bonds. The topological polar surface area (TPSA) is 59.4 Å². The summed E-state index contributed by atoms with van der Waals surface area (Å²) in [6.07, 6.45) is 2.04. The van der Waals surface area contributed by atoms with Crippen molar-refractivity contribution >= 4 is 5.97 Å². The largest absolute Gasteiger partial charge is 0.466 e. The Balaban J connectivity index is 2.93. The van der Waals surface area contributed by atoms with E-state index in [1.54, 1.807) is 31.3 Å². The number of aliphatic hydroxyl groups is 1. The van der Waals surface area contributed by atoms with Crippen LogP contribution in [0.1, 0.15) is 18.7 Å². The van der Waals surface area contributed by atoms with Crippen molar-refractivity contribution in [1.29, 1.82) is 0 Å². The van der Waals surface area contributed by atoms with E-state index in [2.05, 4.69) is 9.72 Å². The number of allylic oxidation sites excluding steroid dienone is 1. The summed E-state index contributed by atoms with van der Waals surface area (Å²) in [6, 6.07) is 5.14. The number of hydrogen-bond acceptors (Lipinski definition) is 4. The van der Waals surface area contributed by atoms with Gasteiger partial charge in [0.25, 0.3) is 0 Å². The standard InChI is InChI=1S/C11H13NO3/c1-3-8(11(14)15-2)10(13)9-6-4-5-7-12-9/h3-7,10,13H,1-2H3/b8-3-. The molecule has 0 radical (unpaired) electrons. The molecule has 0 aliphatic carbocycles. The second-order valence-corrected chi connectivity index (χ2v) is 2.89. The van der Waals surface area contributed by atoms with Gasteiger partial charge in [-0.05, 0) is 19.1 Å². The van der Waals surface area contributed by atoms with Crippen LogP contribution < -0.4 is 0 Å². The van der Waals surface area contributed by atoms with Gasteiger partial charge in [0, 0.05) is 6.20 Å². The Bertz CT molecular complexity index is 359. The van der Waals surface area contributed by atoms with Crippen LogP contribution in [0, 0.1) is 0 Å². The van der Waals surface area contributed by atoms with Crippen LogP contribution in [0.25, 0.3) is 0 Å². The van der Waals surface area contributed by atoms with Crippen LogP contribution in [0.15, 0.2) is 36.0 Å². The van der Waals surface area contributed by atoms with Crippen molar-refractivity contribution in [2.24, 2.45) is 0 Å². The Morgan fingerprint density at radius 3 is 2.80 bits per heavy atom. The van der Waals surface area contributed by atoms with E-state index in [-0.39, 0.29) is 5.57 Å². The number of methoxy groups -OCH3 is 1. The smallest absolute Gasteiger partial charge is 0.336 e. The van der Waals surface area contributed by atoms with Crippen molar-refractivity contribution < 1.29 is 14.6 Å². The van der Waals surface area contributed by atoms with Gasteiger partial charge < -0.3 is 9.84 Å². The van der Waals surface area contributed by atoms with Crippen molar-refractivity contribution in [2.75, 3.05) is 7.11 Å². The third-order valence-corrected chi connectivity index (χ3v) is 1.99. The van der Waals surface area contributed by atoms with E-state index < -0.39 is 12.1 Å². The SMILES string of the molecule is C/C=C(\C(=O)OC)C(O)c1ccccn1. The first-order valence-electron chi connectivity index (χ1n) is 4.54. The molecule has 0 aliphatic rings. The molecule has 0 fully saturated rings. The maximum Gasteiger partial charge on any atom is 0.336 e. The number of aromatic nitrogens is 1. The van der Waals surface area contributed by atoms with Gasteiger partial charge in [-0.3, -0.25) is 4.98 Å². The molecule has 80 valence electrons. The summed E-state index contributed by atoms with van der Waals surface area (Å²) in [5, 5.41) is 9.85. The summed E-state index contributed by atoms with van der Waals surface area (Å²) in [4.78, 5) is 15.2. The van der Waals surface area contributed by atoms with Crippen molar-refractivity contribution in [3.8, 4) is 0 Å². The quantitative estimate of drug-likeness (QED) is 0.598. The molecule has 15 heavy (non-hydrogen) atoms. The lowest BCUT2D eigenvalue weighted by Crippen LogP contribution is -2.13. The molecule has 0 aliphatic heterocycles. The Morgan fingerprint density at radius 2 is 2.33 bits per heavy atom. The summed E-state index contributed by atoms with van der Waals surface area (Å²) in [5.74, 6) is -0.546. The fourth-order valence-corrected chi connectivity index (χ4v) is 1.20. The van der Waals surface area contributed by atoms with E-state index in [0.29, 0.717) is 5.69 Å². The van der Waals surface area contributed by atoms with Crippen molar-refractivity contribution in [2.45, 2.75) is 13.0 Å². The first kappa shape index (κ1) is 11.4. The molecule has 0 saturated carbocycles. The molecule has 4 heteroatoms. The van der Waals surface area contributed by atoms with Gasteiger partial charge in [0.15, 0.2) is 0 Å². The Kier molecular flexibility index (Phi) is 4.00. The molecule has 1 unspecified atom stereocenters. The van der Waals surface area contributed by atoms with E-state index in [1.165, 1.54) is 13.2 Å². The predicted octanol–water partition coefficient (Wildman–Crippen LogP) is 1.23. The molecule has 1 rings (SSSR count). The van der Waals surface area contributed by atoms with Crippen molar-refractivity contribution in [3.63, 3.8) is 0 Å². The Hall–Kier alpha value is -1.68. The normalized spacial score (nSPS) is 13.4. The highest BCUT2D eigenvalue weighted by Gasteiger charge is 2.20. The van der Waals surface area contributed by atoms with Gasteiger partial charge in [-0.2, -0.15) is 0 Å². The molecule has 1 N–H and O–H groups in total. The highest BCUT2D eigenvalue weighted by Crippen LogP contribution is 2.19. The molecule has 0 spiro atoms. The zero-order valence-electron chi connectivity index (χ0n) is 8.68. The average Bonchev–Trinajstić information content (AvgIpc) is 2.30. The number of carbonyl (C=O) groups excluding carboxylic acids is 1. The highest BCUT2D eigenvalue weighted by atomic mass is 16.5. The minimum atomic E-state index is -1.04. The molecular weight excluding hydrogens is 194 g/mol. The lowest BCUT2D eigenvalue weighted by atomic mass is 10.1. The van der Waals surface area contributed by atoms with Crippen LogP contribution >= 0.6 is 0 Å². The molecule has 1 heterocycles. The van der Waals surface area contributed by atoms with Gasteiger partial charge in [0.05, 0.1) is 18.4 Å². The minimum absolute atomic E-state index is 0.191. The van der Waals surface area contributed by atoms with Gasteiger partial charge in [-0.1, -0.05) is 12.1 Å². The third kappa shape index (κ3) is 2.63. The number of pyridine rings is 1. The summed E-state index contributed by atoms with van der Waals surface area (Å²) >= 11 is 0. The average molecular weight is 207 g/mol. The zero-order valence-corrected chi connectivity index (χ0v) is 8.68. The summed E-state index contributed by atoms with van der Waals surface area (Å²) < 4.78 is 4.55. The number of nitrogens with zero attached hydrogens (tertiary/aromatic N) is 1. The van der Waals surface area contributed by atoms with Gasteiger partial charge in [-0.15, -0.1) is 0 Å². The van der Waals surface area contributed by atoms with Crippen molar-refractivity contribution in [1.82, 2.24) is 4.98 Å². The lowest BCUT2D eigenvalue weighted by molar-refractivity contribution is -0.137. The summed E-state index contributed by atoms with van der Waals surface area (Å²) in [7, 11) is 1.27. The molecule has 4 nitrogen and oxygen atoms in total. The van der Waals surface area contributed by atoms with Gasteiger partial charge in [0.1, 0.15) is 6.10 Å². The second-order valence-electron chi connectivity index (χ2n) is 2.89. The van der Waals surface area contributed by atoms with Crippen molar-refractivity contribution in [3.05, 3.63) is 41.7 Å². The number of hydrogen-bond donors (Lipinski definition) is 1. The van der Waals surface area contributed by atoms with Gasteiger partial charge in [0.2, 0.25) is 0 Å². The van der Waals surface area contributed by atoms with Crippen LogP contribution in [0.5, 0.6) is 0 Å². The third-order valence-electron chi connectivity index (χ3n) is 1.99. The summed E-state index contributed by atoms with van der Waals surface area (Å²) in [6.45, 7) is 1.67. The van der Waals surface area contributed by atoms with E-state index in [9.17, 15) is 9.90 Å². The van der Waals surface area contributed by atoms with Crippen LogP contribution in [-0.2, 0) is 9.53 Å². The zero-order chi connectivity index (χ0) is 11.3. The molecule has 0 saturated heterocycles. The van der Waals surface area contributed by atoms with Crippen LogP contribution in [0.4, 0.5) is 0 Å². The molecule has 1 aromatic heterocycles. The molecule has 1 atom stereocenters. The highest BCUT2D eigenvalue weighted by molar-refractivity contribution is 5.89. The number of ether oxygens (including phenoxy) is 1. The number of aliphatic hydroxyl groups excluding tert-OH is 1. The van der Waals surface area contributed by atoms with E-state index >= 15 is 0 Å². The number of rotatable bonds is 3. The first-order valence-corrected chi connectivity index (χ1v) is 4.54. The first-order chi connectivity index (χ1) is 7.20. The number of esters is 1. The van der Waals surface area contributed by atoms with Gasteiger partial charge >= 0.3 is 5.97 Å². The Morgan fingerprint density at radius 1 is 1.60 bits per heavy atom. The molecule has 1 aromatic rings. The lowest BCUT2D eigenvalue weighted by Gasteiger charge is -2.11. The molecular formula is C11H13NO3. The minimum Gasteiger partial charge on any atom is -0.466 e. The van der Waals surface area contributed by atoms with E-state index in [4.69, 9.17) is 0 Å². The van der Waals surface area contributed by atoms with E-state index in [1.807, 2.05) is 0 Å². The van der Waals surface area contributed by atoms with Gasteiger partial charge in [-0.25, -0.2) is 4.79 Å². The predicted molar refractivity (Wildman–Crippen MR) is 55.0 cm³/mol. The fraction of sp³-hybridized carbons (Fsp3) is 0.273. The molecule has 0 bridgehead atoms. The van der Waals surface area contributed by atoms with Crippen LogP contribution in [0.2, 0.25) is 0 Å². The summed E-state index contributed by atoms with van der Waals surface area (Å²) in [5.41, 5.74) is 0.618. The Labute approximate surface area is 88.2 Å². The fourth-order valence-electron chi connectivity index (χ4n) is 1.20. The van der Waals surface area contributed by atoms with Crippen LogP contribution in [-0.4, -0.2) is 23.2 Å². The number of carbonyl (C=O) groups is 1. The second kappa shape index (κ2) is 5.26. The van der Waals surface area contributed by atoms with E-state index in [0.717, 1.165) is 0 Å². The maximum absolute atomic E-state index is 11.3. The molecule has 0 aromatic carbocycles. The maximum atomic E-state index is 11.3.